The fourth-order valence-electron chi connectivity index (χ4n) is 1.96. The van der Waals surface area contributed by atoms with Gasteiger partial charge in [-0.15, -0.1) is 0 Å². The van der Waals surface area contributed by atoms with Crippen LogP contribution >= 0.6 is 23.2 Å². The third kappa shape index (κ3) is 2.69. The summed E-state index contributed by atoms with van der Waals surface area (Å²) < 4.78 is 0. The quantitative estimate of drug-likeness (QED) is 0.771. The molecular weight excluding hydrogens is 293 g/mol. The lowest BCUT2D eigenvalue weighted by atomic mass is 10.2. The van der Waals surface area contributed by atoms with Crippen LogP contribution in [-0.4, -0.2) is 9.97 Å². The third-order valence-corrected chi connectivity index (χ3v) is 3.84. The van der Waals surface area contributed by atoms with E-state index in [1.54, 1.807) is 18.5 Å². The third-order valence-electron chi connectivity index (χ3n) is 2.98. The maximum absolute atomic E-state index is 6.16. The van der Waals surface area contributed by atoms with Crippen molar-refractivity contribution < 1.29 is 0 Å². The van der Waals surface area contributed by atoms with Crippen LogP contribution in [0.25, 0.3) is 11.0 Å². The van der Waals surface area contributed by atoms with Gasteiger partial charge in [-0.05, 0) is 29.8 Å². The van der Waals surface area contributed by atoms with Crippen LogP contribution in [0.2, 0.25) is 10.0 Å². The van der Waals surface area contributed by atoms with Crippen LogP contribution in [0.4, 0.5) is 5.69 Å². The molecule has 0 saturated carbocycles. The average molecular weight is 304 g/mol. The molecule has 100 valence electrons. The summed E-state index contributed by atoms with van der Waals surface area (Å²) in [6, 6.07) is 11.5. The van der Waals surface area contributed by atoms with Crippen molar-refractivity contribution in [2.24, 2.45) is 0 Å². The summed E-state index contributed by atoms with van der Waals surface area (Å²) in [5, 5.41) is 4.46. The molecular formula is C15H11Cl2N3. The van der Waals surface area contributed by atoms with Crippen molar-refractivity contribution in [1.82, 2.24) is 9.97 Å². The molecule has 0 fully saturated rings. The van der Waals surface area contributed by atoms with Crippen LogP contribution in [0, 0.1) is 0 Å². The van der Waals surface area contributed by atoms with Crippen LogP contribution < -0.4 is 5.32 Å². The van der Waals surface area contributed by atoms with Gasteiger partial charge >= 0.3 is 0 Å². The number of aromatic nitrogens is 2. The fourth-order valence-corrected chi connectivity index (χ4v) is 2.34. The number of nitrogens with one attached hydrogen (secondary N) is 1. The Labute approximate surface area is 126 Å². The minimum absolute atomic E-state index is 0.565. The average Bonchev–Trinajstić information content (AvgIpc) is 2.48. The maximum Gasteiger partial charge on any atom is 0.0907 e. The molecule has 0 saturated heterocycles. The molecule has 1 N–H and O–H groups in total. The van der Waals surface area contributed by atoms with E-state index in [1.807, 2.05) is 30.3 Å². The highest BCUT2D eigenvalue weighted by Gasteiger charge is 2.04. The Balaban J connectivity index is 1.81. The van der Waals surface area contributed by atoms with Gasteiger partial charge in [0.2, 0.25) is 0 Å². The lowest BCUT2D eigenvalue weighted by Crippen LogP contribution is -2.00. The normalized spacial score (nSPS) is 10.7. The van der Waals surface area contributed by atoms with Crippen molar-refractivity contribution in [3.8, 4) is 0 Å². The van der Waals surface area contributed by atoms with Crippen molar-refractivity contribution >= 4 is 39.9 Å². The molecule has 3 aromatic rings. The largest absolute Gasteiger partial charge is 0.381 e. The second kappa shape index (κ2) is 5.65. The standard InChI is InChI=1S/C15H11Cl2N3/c16-12-3-1-2-10(15(12)17)9-20-11-4-5-13-14(8-11)19-7-6-18-13/h1-8,20H,9H2. The zero-order valence-electron chi connectivity index (χ0n) is 10.5. The molecule has 1 heterocycles. The minimum Gasteiger partial charge on any atom is -0.381 e. The Bertz CT molecular complexity index is 759. The van der Waals surface area contributed by atoms with E-state index in [9.17, 15) is 0 Å². The molecule has 0 unspecified atom stereocenters. The van der Waals surface area contributed by atoms with Gasteiger partial charge in [0, 0.05) is 24.6 Å². The zero-order chi connectivity index (χ0) is 13.9. The van der Waals surface area contributed by atoms with Gasteiger partial charge in [-0.25, -0.2) is 0 Å². The molecule has 3 nitrogen and oxygen atoms in total. The molecule has 0 aliphatic rings. The Morgan fingerprint density at radius 1 is 0.950 bits per heavy atom. The summed E-state index contributed by atoms with van der Waals surface area (Å²) in [7, 11) is 0. The lowest BCUT2D eigenvalue weighted by Gasteiger charge is -2.09. The van der Waals surface area contributed by atoms with E-state index in [0.29, 0.717) is 16.6 Å². The van der Waals surface area contributed by atoms with Gasteiger partial charge in [-0.2, -0.15) is 0 Å². The number of nitrogens with zero attached hydrogens (tertiary/aromatic N) is 2. The van der Waals surface area contributed by atoms with Gasteiger partial charge in [0.15, 0.2) is 0 Å². The van der Waals surface area contributed by atoms with Crippen molar-refractivity contribution in [2.45, 2.75) is 6.54 Å². The number of rotatable bonds is 3. The predicted octanol–water partition coefficient (Wildman–Crippen LogP) is 4.55. The van der Waals surface area contributed by atoms with Crippen molar-refractivity contribution in [2.75, 3.05) is 5.32 Å². The summed E-state index contributed by atoms with van der Waals surface area (Å²) in [5.74, 6) is 0. The highest BCUT2D eigenvalue weighted by molar-refractivity contribution is 6.42. The number of anilines is 1. The number of hydrogen-bond donors (Lipinski definition) is 1. The molecule has 0 atom stereocenters. The van der Waals surface area contributed by atoms with E-state index < -0.39 is 0 Å². The summed E-state index contributed by atoms with van der Waals surface area (Å²) in [4.78, 5) is 8.52. The van der Waals surface area contributed by atoms with E-state index in [-0.39, 0.29) is 0 Å². The first-order chi connectivity index (χ1) is 9.74. The molecule has 1 aromatic heterocycles. The minimum atomic E-state index is 0.565. The molecule has 0 radical (unpaired) electrons. The monoisotopic (exact) mass is 303 g/mol. The highest BCUT2D eigenvalue weighted by atomic mass is 35.5. The fraction of sp³-hybridized carbons (Fsp3) is 0.0667. The second-order valence-electron chi connectivity index (χ2n) is 4.33. The number of hydrogen-bond acceptors (Lipinski definition) is 3. The molecule has 3 rings (SSSR count). The van der Waals surface area contributed by atoms with E-state index in [2.05, 4.69) is 15.3 Å². The summed E-state index contributed by atoms with van der Waals surface area (Å²) in [5.41, 5.74) is 3.65. The highest BCUT2D eigenvalue weighted by Crippen LogP contribution is 2.26. The van der Waals surface area contributed by atoms with Gasteiger partial charge in [-0.3, -0.25) is 9.97 Å². The van der Waals surface area contributed by atoms with Crippen LogP contribution in [0.3, 0.4) is 0 Å². The summed E-state index contributed by atoms with van der Waals surface area (Å²) in [6.07, 6.45) is 3.36. The van der Waals surface area contributed by atoms with Gasteiger partial charge in [-0.1, -0.05) is 35.3 Å². The van der Waals surface area contributed by atoms with Crippen LogP contribution in [-0.2, 0) is 6.54 Å². The Morgan fingerprint density at radius 3 is 2.60 bits per heavy atom. The smallest absolute Gasteiger partial charge is 0.0907 e. The molecule has 20 heavy (non-hydrogen) atoms. The van der Waals surface area contributed by atoms with Crippen LogP contribution in [0.15, 0.2) is 48.8 Å². The Kier molecular flexibility index (Phi) is 3.72. The molecule has 2 aromatic carbocycles. The number of benzene rings is 2. The first kappa shape index (κ1) is 13.2. The van der Waals surface area contributed by atoms with Crippen molar-refractivity contribution in [3.05, 3.63) is 64.4 Å². The van der Waals surface area contributed by atoms with Gasteiger partial charge in [0.25, 0.3) is 0 Å². The predicted molar refractivity (Wildman–Crippen MR) is 83.3 cm³/mol. The number of fused-ring (bicyclic) bond motifs is 1. The van der Waals surface area contributed by atoms with Gasteiger partial charge in [0.1, 0.15) is 0 Å². The van der Waals surface area contributed by atoms with Crippen LogP contribution in [0.1, 0.15) is 5.56 Å². The topological polar surface area (TPSA) is 37.8 Å². The van der Waals surface area contributed by atoms with Crippen LogP contribution in [0.5, 0.6) is 0 Å². The Hall–Kier alpha value is -1.84. The van der Waals surface area contributed by atoms with Gasteiger partial charge < -0.3 is 5.32 Å². The summed E-state index contributed by atoms with van der Waals surface area (Å²) >= 11 is 12.2. The first-order valence-electron chi connectivity index (χ1n) is 6.11. The SMILES string of the molecule is Clc1cccc(CNc2ccc3nccnc3c2)c1Cl. The van der Waals surface area contributed by atoms with E-state index in [0.717, 1.165) is 22.3 Å². The number of halogens is 2. The molecule has 0 amide bonds. The molecule has 0 bridgehead atoms. The van der Waals surface area contributed by atoms with E-state index in [4.69, 9.17) is 23.2 Å². The molecule has 0 spiro atoms. The molecule has 0 aliphatic carbocycles. The van der Waals surface area contributed by atoms with Crippen molar-refractivity contribution in [3.63, 3.8) is 0 Å². The van der Waals surface area contributed by atoms with Gasteiger partial charge in [0.05, 0.1) is 21.1 Å². The van der Waals surface area contributed by atoms with Crippen molar-refractivity contribution in [1.29, 1.82) is 0 Å². The van der Waals surface area contributed by atoms with E-state index in [1.165, 1.54) is 0 Å². The Morgan fingerprint density at radius 2 is 1.75 bits per heavy atom. The summed E-state index contributed by atoms with van der Waals surface area (Å²) in [6.45, 7) is 0.602. The lowest BCUT2D eigenvalue weighted by molar-refractivity contribution is 1.15. The first-order valence-corrected chi connectivity index (χ1v) is 6.87. The second-order valence-corrected chi connectivity index (χ2v) is 5.11. The zero-order valence-corrected chi connectivity index (χ0v) is 12.0. The molecule has 5 heteroatoms. The van der Waals surface area contributed by atoms with E-state index >= 15 is 0 Å². The maximum atomic E-state index is 6.16. The molecule has 0 aliphatic heterocycles.